The Labute approximate surface area is 262 Å². The van der Waals surface area contributed by atoms with Crippen molar-refractivity contribution in [1.82, 2.24) is 19.2 Å². The van der Waals surface area contributed by atoms with Gasteiger partial charge in [0.05, 0.1) is 11.1 Å². The molecule has 1 fully saturated rings. The largest absolute Gasteiger partial charge is 0.465 e. The van der Waals surface area contributed by atoms with Crippen molar-refractivity contribution in [1.29, 1.82) is 0 Å². The van der Waals surface area contributed by atoms with Crippen molar-refractivity contribution >= 4 is 65.2 Å². The van der Waals surface area contributed by atoms with Crippen LogP contribution >= 0.6 is 35.0 Å². The van der Waals surface area contributed by atoms with E-state index in [1.807, 2.05) is 20.8 Å². The fourth-order valence-corrected chi connectivity index (χ4v) is 7.70. The number of nitrogens with zero attached hydrogens (tertiary/aromatic N) is 5. The highest BCUT2D eigenvalue weighted by Crippen LogP contribution is 2.32. The lowest BCUT2D eigenvalue weighted by Gasteiger charge is -2.46. The molecule has 1 aliphatic rings. The van der Waals surface area contributed by atoms with E-state index in [4.69, 9.17) is 27.9 Å². The number of carboxylic acid groups (broad SMARTS) is 1. The van der Waals surface area contributed by atoms with Gasteiger partial charge in [-0.15, -0.1) is 0 Å². The van der Waals surface area contributed by atoms with Gasteiger partial charge < -0.3 is 14.7 Å². The van der Waals surface area contributed by atoms with Crippen LogP contribution in [-0.4, -0.2) is 85.9 Å². The standard InChI is InChI=1S/C26H38Cl2FN5O5S2Si/c1-26(2,3)20-15-32(10-11-33(20)25(35)36)41(37,38)34(17-39-12-13-42(4,5)6)22-14-21(28)30-24(31-22)40-16-18-8-7-9-19(27)23(18)29/h7-9,14,20H,10-13,15-17H2,1-6H3,(H,35,36). The van der Waals surface area contributed by atoms with Crippen LogP contribution in [0.25, 0.3) is 0 Å². The maximum atomic E-state index is 14.4. The first-order chi connectivity index (χ1) is 19.4. The summed E-state index contributed by atoms with van der Waals surface area (Å²) in [6, 6.07) is 6.24. The summed E-state index contributed by atoms with van der Waals surface area (Å²) in [4.78, 5) is 21.9. The van der Waals surface area contributed by atoms with Crippen LogP contribution < -0.4 is 4.31 Å². The van der Waals surface area contributed by atoms with Crippen molar-refractivity contribution in [2.75, 3.05) is 37.3 Å². The lowest BCUT2D eigenvalue weighted by Crippen LogP contribution is -2.62. The third-order valence-corrected chi connectivity index (χ3v) is 11.6. The third-order valence-electron chi connectivity index (χ3n) is 6.70. The second kappa shape index (κ2) is 14.0. The van der Waals surface area contributed by atoms with Crippen molar-refractivity contribution in [3.63, 3.8) is 0 Å². The SMILES string of the molecule is CC(C)(C)C1CN(S(=O)(=O)N(COCC[Si](C)(C)C)c2cc(Cl)nc(SCc3cccc(Cl)c3F)n2)CCN1C(=O)O. The summed E-state index contributed by atoms with van der Waals surface area (Å²) >= 11 is 13.3. The van der Waals surface area contributed by atoms with Gasteiger partial charge in [-0.1, -0.05) is 87.5 Å². The fraction of sp³-hybridized carbons (Fsp3) is 0.577. The quantitative estimate of drug-likeness (QED) is 0.0735. The molecule has 3 rings (SSSR count). The molecule has 1 aromatic carbocycles. The van der Waals surface area contributed by atoms with Gasteiger partial charge in [0, 0.05) is 46.1 Å². The van der Waals surface area contributed by atoms with Crippen molar-refractivity contribution < 1.29 is 27.4 Å². The summed E-state index contributed by atoms with van der Waals surface area (Å²) in [5, 5.41) is 9.88. The molecule has 2 heterocycles. The molecule has 2 aromatic rings. The summed E-state index contributed by atoms with van der Waals surface area (Å²) in [6.45, 7) is 12.1. The van der Waals surface area contributed by atoms with Gasteiger partial charge in [0.15, 0.2) is 11.0 Å². The topological polar surface area (TPSA) is 116 Å². The molecule has 10 nitrogen and oxygen atoms in total. The number of piperazine rings is 1. The van der Waals surface area contributed by atoms with Crippen LogP contribution in [0, 0.1) is 11.2 Å². The highest BCUT2D eigenvalue weighted by atomic mass is 35.5. The first-order valence-corrected chi connectivity index (χ1v) is 20.2. The molecule has 42 heavy (non-hydrogen) atoms. The molecule has 0 bridgehead atoms. The van der Waals surface area contributed by atoms with E-state index in [-0.39, 0.29) is 53.3 Å². The van der Waals surface area contributed by atoms with E-state index in [2.05, 4.69) is 29.6 Å². The number of halogens is 3. The van der Waals surface area contributed by atoms with E-state index in [9.17, 15) is 22.7 Å². The van der Waals surface area contributed by atoms with E-state index in [1.54, 1.807) is 12.1 Å². The summed E-state index contributed by atoms with van der Waals surface area (Å²) < 4.78 is 50.9. The van der Waals surface area contributed by atoms with E-state index >= 15 is 0 Å². The minimum Gasteiger partial charge on any atom is -0.465 e. The number of carbonyl (C=O) groups is 1. The van der Waals surface area contributed by atoms with Crippen LogP contribution in [0.15, 0.2) is 29.4 Å². The van der Waals surface area contributed by atoms with Crippen LogP contribution in [0.5, 0.6) is 0 Å². The van der Waals surface area contributed by atoms with Gasteiger partial charge in [-0.05, 0) is 23.1 Å². The Morgan fingerprint density at radius 2 is 1.93 bits per heavy atom. The smallest absolute Gasteiger partial charge is 0.407 e. The van der Waals surface area contributed by atoms with Gasteiger partial charge in [0.1, 0.15) is 17.7 Å². The number of rotatable bonds is 11. The molecule has 1 atom stereocenters. The van der Waals surface area contributed by atoms with E-state index in [0.717, 1.165) is 22.1 Å². The molecule has 0 radical (unpaired) electrons. The number of amides is 1. The number of thioether (sulfide) groups is 1. The monoisotopic (exact) mass is 681 g/mol. The zero-order valence-electron chi connectivity index (χ0n) is 24.6. The van der Waals surface area contributed by atoms with Crippen LogP contribution in [0.4, 0.5) is 15.0 Å². The number of hydrogen-bond donors (Lipinski definition) is 1. The molecule has 1 aliphatic heterocycles. The highest BCUT2D eigenvalue weighted by molar-refractivity contribution is 7.98. The van der Waals surface area contributed by atoms with Crippen LogP contribution in [0.1, 0.15) is 26.3 Å². The Morgan fingerprint density at radius 3 is 2.55 bits per heavy atom. The Bertz CT molecular complexity index is 1380. The highest BCUT2D eigenvalue weighted by Gasteiger charge is 2.43. The third kappa shape index (κ3) is 9.16. The van der Waals surface area contributed by atoms with Crippen LogP contribution in [-0.2, 0) is 20.7 Å². The molecular weight excluding hydrogens is 644 g/mol. The number of aromatic nitrogens is 2. The molecule has 1 N–H and O–H groups in total. The molecule has 1 aromatic heterocycles. The number of hydrogen-bond acceptors (Lipinski definition) is 7. The number of benzene rings is 1. The zero-order chi connectivity index (χ0) is 31.5. The molecule has 0 saturated carbocycles. The van der Waals surface area contributed by atoms with Crippen molar-refractivity contribution in [2.45, 2.75) is 63.4 Å². The van der Waals surface area contributed by atoms with E-state index < -0.39 is 41.7 Å². The Hall–Kier alpha value is -1.68. The first-order valence-electron chi connectivity index (χ1n) is 13.4. The van der Waals surface area contributed by atoms with Crippen LogP contribution in [0.2, 0.25) is 35.9 Å². The molecule has 234 valence electrons. The van der Waals surface area contributed by atoms with Gasteiger partial charge in [0.25, 0.3) is 0 Å². The average molecular weight is 683 g/mol. The summed E-state index contributed by atoms with van der Waals surface area (Å²) in [6.07, 6.45) is -1.10. The predicted octanol–water partition coefficient (Wildman–Crippen LogP) is 6.29. The maximum absolute atomic E-state index is 14.4. The molecular formula is C26H38Cl2FN5O5S2Si. The average Bonchev–Trinajstić information content (AvgIpc) is 2.87. The molecule has 1 saturated heterocycles. The molecule has 0 aliphatic carbocycles. The van der Waals surface area contributed by atoms with E-state index in [0.29, 0.717) is 12.2 Å². The van der Waals surface area contributed by atoms with E-state index in [1.165, 1.54) is 21.3 Å². The van der Waals surface area contributed by atoms with Gasteiger partial charge >= 0.3 is 16.3 Å². The first kappa shape index (κ1) is 34.8. The Kier molecular flexibility index (Phi) is 11.6. The molecule has 0 spiro atoms. The Balaban J connectivity index is 1.94. The van der Waals surface area contributed by atoms with Crippen molar-refractivity contribution in [3.8, 4) is 0 Å². The minimum absolute atomic E-state index is 0.000343. The van der Waals surface area contributed by atoms with Crippen molar-refractivity contribution in [3.05, 3.63) is 45.8 Å². The normalized spacial score (nSPS) is 17.0. The fourth-order valence-electron chi connectivity index (χ4n) is 4.23. The van der Waals surface area contributed by atoms with Gasteiger partial charge in [0.2, 0.25) is 0 Å². The second-order valence-corrected chi connectivity index (χ2v) is 21.5. The number of ether oxygens (including phenoxy) is 1. The summed E-state index contributed by atoms with van der Waals surface area (Å²) in [7, 11) is -5.71. The molecule has 1 unspecified atom stereocenters. The second-order valence-electron chi connectivity index (χ2n) is 12.3. The Morgan fingerprint density at radius 1 is 1.24 bits per heavy atom. The molecule has 16 heteroatoms. The minimum atomic E-state index is -4.25. The maximum Gasteiger partial charge on any atom is 0.407 e. The van der Waals surface area contributed by atoms with Crippen molar-refractivity contribution in [2.24, 2.45) is 5.41 Å². The predicted molar refractivity (Wildman–Crippen MR) is 168 cm³/mol. The van der Waals surface area contributed by atoms with Gasteiger partial charge in [-0.2, -0.15) is 12.7 Å². The lowest BCUT2D eigenvalue weighted by atomic mass is 9.85. The summed E-state index contributed by atoms with van der Waals surface area (Å²) in [5.41, 5.74) is -0.190. The van der Waals surface area contributed by atoms with Gasteiger partial charge in [-0.3, -0.25) is 0 Å². The van der Waals surface area contributed by atoms with Crippen LogP contribution in [0.3, 0.4) is 0 Å². The number of anilines is 1. The molecule has 1 amide bonds. The summed E-state index contributed by atoms with van der Waals surface area (Å²) in [5.74, 6) is -0.427. The lowest BCUT2D eigenvalue weighted by molar-refractivity contribution is 0.0453. The van der Waals surface area contributed by atoms with Gasteiger partial charge in [-0.25, -0.2) is 23.5 Å². The zero-order valence-corrected chi connectivity index (χ0v) is 28.7.